The minimum Gasteiger partial charge on any atom is -0.364 e. The Kier molecular flexibility index (Phi) is 2.69. The normalized spacial score (nSPS) is 31.1. The average Bonchev–Trinajstić information content (AvgIpc) is 2.85. The summed E-state index contributed by atoms with van der Waals surface area (Å²) < 4.78 is 4.82. The molecule has 0 spiro atoms. The van der Waals surface area contributed by atoms with Gasteiger partial charge in [-0.1, -0.05) is 5.16 Å². The molecule has 0 bridgehead atoms. The lowest BCUT2D eigenvalue weighted by atomic mass is 10.2. The SMILES string of the molecule is CC1CC(NCc2ccon2)CN1C1CC1. The van der Waals surface area contributed by atoms with Crippen LogP contribution in [0.3, 0.4) is 0 Å². The summed E-state index contributed by atoms with van der Waals surface area (Å²) in [7, 11) is 0. The maximum atomic E-state index is 4.82. The highest BCUT2D eigenvalue weighted by atomic mass is 16.5. The molecule has 4 nitrogen and oxygen atoms in total. The largest absolute Gasteiger partial charge is 0.364 e. The van der Waals surface area contributed by atoms with Crippen molar-refractivity contribution in [2.45, 2.75) is 50.9 Å². The Labute approximate surface area is 96.0 Å². The smallest absolute Gasteiger partial charge is 0.124 e. The molecule has 1 aliphatic carbocycles. The molecule has 1 aliphatic heterocycles. The number of hydrogen-bond donors (Lipinski definition) is 1. The monoisotopic (exact) mass is 221 g/mol. The molecule has 4 heteroatoms. The average molecular weight is 221 g/mol. The van der Waals surface area contributed by atoms with Gasteiger partial charge in [-0.15, -0.1) is 0 Å². The van der Waals surface area contributed by atoms with Crippen molar-refractivity contribution in [1.29, 1.82) is 0 Å². The number of hydrogen-bond acceptors (Lipinski definition) is 4. The van der Waals surface area contributed by atoms with Gasteiger partial charge in [0.2, 0.25) is 0 Å². The van der Waals surface area contributed by atoms with Crippen LogP contribution in [0.5, 0.6) is 0 Å². The summed E-state index contributed by atoms with van der Waals surface area (Å²) in [6.45, 7) is 4.37. The lowest BCUT2D eigenvalue weighted by Gasteiger charge is -2.19. The Bertz CT molecular complexity index is 334. The van der Waals surface area contributed by atoms with Gasteiger partial charge in [-0.25, -0.2) is 0 Å². The zero-order chi connectivity index (χ0) is 11.0. The summed E-state index contributed by atoms with van der Waals surface area (Å²) in [6, 6.07) is 4.16. The predicted octanol–water partition coefficient (Wildman–Crippen LogP) is 1.39. The maximum Gasteiger partial charge on any atom is 0.124 e. The first kappa shape index (κ1) is 10.3. The van der Waals surface area contributed by atoms with Crippen molar-refractivity contribution in [1.82, 2.24) is 15.4 Å². The van der Waals surface area contributed by atoms with E-state index in [9.17, 15) is 0 Å². The van der Waals surface area contributed by atoms with Crippen LogP contribution in [0, 0.1) is 0 Å². The van der Waals surface area contributed by atoms with E-state index in [1.165, 1.54) is 25.8 Å². The Hall–Kier alpha value is -0.870. The minimum absolute atomic E-state index is 0.618. The predicted molar refractivity (Wildman–Crippen MR) is 60.9 cm³/mol. The van der Waals surface area contributed by atoms with Crippen molar-refractivity contribution in [2.75, 3.05) is 6.54 Å². The Morgan fingerprint density at radius 3 is 3.12 bits per heavy atom. The number of nitrogens with one attached hydrogen (secondary N) is 1. The molecular weight excluding hydrogens is 202 g/mol. The van der Waals surface area contributed by atoms with Crippen molar-refractivity contribution in [3.63, 3.8) is 0 Å². The first-order valence-corrected chi connectivity index (χ1v) is 6.21. The zero-order valence-corrected chi connectivity index (χ0v) is 9.72. The second kappa shape index (κ2) is 4.18. The van der Waals surface area contributed by atoms with Gasteiger partial charge in [-0.2, -0.15) is 0 Å². The van der Waals surface area contributed by atoms with Gasteiger partial charge < -0.3 is 9.84 Å². The fourth-order valence-corrected chi connectivity index (χ4v) is 2.70. The van der Waals surface area contributed by atoms with Crippen molar-refractivity contribution in [3.05, 3.63) is 18.0 Å². The van der Waals surface area contributed by atoms with Crippen molar-refractivity contribution < 1.29 is 4.52 Å². The number of aromatic nitrogens is 1. The van der Waals surface area contributed by atoms with Crippen molar-refractivity contribution in [2.24, 2.45) is 0 Å². The molecule has 2 atom stereocenters. The second-order valence-electron chi connectivity index (χ2n) is 5.08. The Morgan fingerprint density at radius 1 is 1.56 bits per heavy atom. The third-order valence-electron chi connectivity index (χ3n) is 3.70. The van der Waals surface area contributed by atoms with Gasteiger partial charge in [0.25, 0.3) is 0 Å². The third kappa shape index (κ3) is 2.13. The maximum absolute atomic E-state index is 4.82. The van der Waals surface area contributed by atoms with E-state index in [1.807, 2.05) is 6.07 Å². The second-order valence-corrected chi connectivity index (χ2v) is 5.08. The fraction of sp³-hybridized carbons (Fsp3) is 0.750. The highest BCUT2D eigenvalue weighted by Gasteiger charge is 2.38. The van der Waals surface area contributed by atoms with Crippen LogP contribution in [0.15, 0.2) is 16.9 Å². The molecule has 0 amide bonds. The molecule has 2 heterocycles. The molecule has 3 rings (SSSR count). The molecule has 1 saturated carbocycles. The minimum atomic E-state index is 0.618. The van der Waals surface area contributed by atoms with Crippen LogP contribution >= 0.6 is 0 Å². The van der Waals surface area contributed by atoms with Crippen molar-refractivity contribution >= 4 is 0 Å². The summed E-state index contributed by atoms with van der Waals surface area (Å²) in [6.07, 6.45) is 5.69. The van der Waals surface area contributed by atoms with E-state index in [4.69, 9.17) is 4.52 Å². The standard InChI is InChI=1S/C12H19N3O/c1-9-6-11(8-15(9)12-2-3-12)13-7-10-4-5-16-14-10/h4-5,9,11-13H,2-3,6-8H2,1H3. The fourth-order valence-electron chi connectivity index (χ4n) is 2.70. The molecule has 1 aromatic heterocycles. The summed E-state index contributed by atoms with van der Waals surface area (Å²) in [5.74, 6) is 0. The van der Waals surface area contributed by atoms with E-state index in [0.29, 0.717) is 6.04 Å². The first-order valence-electron chi connectivity index (χ1n) is 6.21. The van der Waals surface area contributed by atoms with Gasteiger partial charge in [0.05, 0.1) is 5.69 Å². The van der Waals surface area contributed by atoms with E-state index in [-0.39, 0.29) is 0 Å². The van der Waals surface area contributed by atoms with Gasteiger partial charge in [-0.3, -0.25) is 4.90 Å². The molecule has 88 valence electrons. The van der Waals surface area contributed by atoms with Gasteiger partial charge >= 0.3 is 0 Å². The van der Waals surface area contributed by atoms with E-state index in [0.717, 1.165) is 24.3 Å². The zero-order valence-electron chi connectivity index (χ0n) is 9.72. The van der Waals surface area contributed by atoms with Crippen LogP contribution in [0.4, 0.5) is 0 Å². The summed E-state index contributed by atoms with van der Waals surface area (Å²) >= 11 is 0. The Morgan fingerprint density at radius 2 is 2.44 bits per heavy atom. The van der Waals surface area contributed by atoms with Gasteiger partial charge in [0.15, 0.2) is 0 Å². The number of nitrogens with zero attached hydrogens (tertiary/aromatic N) is 2. The topological polar surface area (TPSA) is 41.3 Å². The van der Waals surface area contributed by atoms with Crippen LogP contribution in [0.25, 0.3) is 0 Å². The van der Waals surface area contributed by atoms with Crippen LogP contribution in [-0.4, -0.2) is 34.7 Å². The van der Waals surface area contributed by atoms with E-state index in [1.54, 1.807) is 6.26 Å². The van der Waals surface area contributed by atoms with Crippen LogP contribution in [0.1, 0.15) is 31.9 Å². The van der Waals surface area contributed by atoms with E-state index in [2.05, 4.69) is 22.3 Å². The molecule has 0 radical (unpaired) electrons. The molecule has 0 aromatic carbocycles. The number of rotatable bonds is 4. The molecule has 2 aliphatic rings. The molecule has 1 saturated heterocycles. The van der Waals surface area contributed by atoms with Crippen LogP contribution < -0.4 is 5.32 Å². The third-order valence-corrected chi connectivity index (χ3v) is 3.70. The van der Waals surface area contributed by atoms with E-state index < -0.39 is 0 Å². The molecule has 1 N–H and O–H groups in total. The quantitative estimate of drug-likeness (QED) is 0.834. The summed E-state index contributed by atoms with van der Waals surface area (Å²) in [5, 5.41) is 7.47. The highest BCUT2D eigenvalue weighted by Crippen LogP contribution is 2.33. The van der Waals surface area contributed by atoms with Gasteiger partial charge in [0, 0.05) is 37.3 Å². The Balaban J connectivity index is 1.49. The molecule has 1 aromatic rings. The molecule has 2 fully saturated rings. The van der Waals surface area contributed by atoms with Crippen LogP contribution in [-0.2, 0) is 6.54 Å². The first-order chi connectivity index (χ1) is 7.83. The van der Waals surface area contributed by atoms with Crippen molar-refractivity contribution in [3.8, 4) is 0 Å². The molecule has 16 heavy (non-hydrogen) atoms. The molecular formula is C12H19N3O. The van der Waals surface area contributed by atoms with Gasteiger partial charge in [-0.05, 0) is 26.2 Å². The van der Waals surface area contributed by atoms with Gasteiger partial charge in [0.1, 0.15) is 6.26 Å². The number of likely N-dealkylation sites (tertiary alicyclic amines) is 1. The molecule has 2 unspecified atom stereocenters. The lowest BCUT2D eigenvalue weighted by Crippen LogP contribution is -2.33. The van der Waals surface area contributed by atoms with E-state index >= 15 is 0 Å². The van der Waals surface area contributed by atoms with Crippen LogP contribution in [0.2, 0.25) is 0 Å². The summed E-state index contributed by atoms with van der Waals surface area (Å²) in [5.41, 5.74) is 0.998. The highest BCUT2D eigenvalue weighted by molar-refractivity contribution is 4.99. The lowest BCUT2D eigenvalue weighted by molar-refractivity contribution is 0.255. The summed E-state index contributed by atoms with van der Waals surface area (Å²) in [4.78, 5) is 2.65.